The molecule has 3 aromatic rings. The molecule has 1 fully saturated rings. The molecule has 0 spiro atoms. The Morgan fingerprint density at radius 2 is 1.86 bits per heavy atom. The van der Waals surface area contributed by atoms with Crippen LogP contribution in [-0.2, 0) is 23.9 Å². The van der Waals surface area contributed by atoms with Gasteiger partial charge in [0.25, 0.3) is 0 Å². The number of hydrogen-bond acceptors (Lipinski definition) is 3. The van der Waals surface area contributed by atoms with Crippen LogP contribution in [0.2, 0.25) is 0 Å². The molecule has 0 bridgehead atoms. The van der Waals surface area contributed by atoms with Gasteiger partial charge in [-0.15, -0.1) is 0 Å². The minimum absolute atomic E-state index is 0.0397. The second kappa shape index (κ2) is 7.84. The summed E-state index contributed by atoms with van der Waals surface area (Å²) >= 11 is 0. The molecule has 29 heavy (non-hydrogen) atoms. The number of aromatic nitrogens is 2. The summed E-state index contributed by atoms with van der Waals surface area (Å²) < 4.78 is 1.80. The molecule has 150 valence electrons. The first kappa shape index (κ1) is 19.4. The Morgan fingerprint density at radius 1 is 1.10 bits per heavy atom. The van der Waals surface area contributed by atoms with Crippen molar-refractivity contribution in [3.8, 4) is 11.1 Å². The first-order valence-electron chi connectivity index (χ1n) is 10.1. The number of hydrogen-bond donors (Lipinski definition) is 0. The highest BCUT2D eigenvalue weighted by molar-refractivity contribution is 5.78. The quantitative estimate of drug-likeness (QED) is 0.595. The molecule has 1 amide bonds. The molecule has 0 N–H and O–H groups in total. The number of aryl methyl sites for hydroxylation is 1. The molecule has 1 atom stereocenters. The summed E-state index contributed by atoms with van der Waals surface area (Å²) in [5.41, 5.74) is 5.50. The van der Waals surface area contributed by atoms with Gasteiger partial charge in [0.2, 0.25) is 6.41 Å². The summed E-state index contributed by atoms with van der Waals surface area (Å²) in [6.07, 6.45) is 7.10. The van der Waals surface area contributed by atoms with Gasteiger partial charge in [0, 0.05) is 30.0 Å². The maximum atomic E-state index is 12.1. The smallest absolute Gasteiger partial charge is 0.214 e. The van der Waals surface area contributed by atoms with Gasteiger partial charge >= 0.3 is 0 Å². The predicted octanol–water partition coefficient (Wildman–Crippen LogP) is 4.19. The maximum Gasteiger partial charge on any atom is 0.214 e. The van der Waals surface area contributed by atoms with Gasteiger partial charge in [-0.05, 0) is 56.1 Å². The van der Waals surface area contributed by atoms with Gasteiger partial charge in [-0.1, -0.05) is 42.5 Å². The Hall–Kier alpha value is -2.92. The molecule has 1 saturated heterocycles. The normalized spacial score (nSPS) is 19.4. The van der Waals surface area contributed by atoms with E-state index < -0.39 is 0 Å². The van der Waals surface area contributed by atoms with Gasteiger partial charge in [0.05, 0.1) is 12.7 Å². The van der Waals surface area contributed by atoms with Crippen molar-refractivity contribution in [2.45, 2.75) is 31.8 Å². The standard InChI is InChI=1S/C24H28N4O/c1-24(13-6-14-26(24)2)22-7-4-5-8-23(22)28(18-29)16-19-9-11-20(12-10-19)21-15-25-27(3)17-21/h4-5,7-12,15,17-18H,6,13-14,16H2,1-3H3. The van der Waals surface area contributed by atoms with Crippen LogP contribution in [0.3, 0.4) is 0 Å². The fraction of sp³-hybridized carbons (Fsp3) is 0.333. The van der Waals surface area contributed by atoms with Crippen molar-refractivity contribution in [2.24, 2.45) is 7.05 Å². The van der Waals surface area contributed by atoms with Crippen LogP contribution in [0.25, 0.3) is 11.1 Å². The van der Waals surface area contributed by atoms with E-state index in [1.165, 1.54) is 12.0 Å². The molecular weight excluding hydrogens is 360 g/mol. The van der Waals surface area contributed by atoms with Crippen molar-refractivity contribution in [2.75, 3.05) is 18.5 Å². The van der Waals surface area contributed by atoms with E-state index in [0.717, 1.165) is 41.8 Å². The van der Waals surface area contributed by atoms with Crippen molar-refractivity contribution < 1.29 is 4.79 Å². The molecule has 5 nitrogen and oxygen atoms in total. The Morgan fingerprint density at radius 3 is 2.48 bits per heavy atom. The third-order valence-electron chi connectivity index (χ3n) is 6.27. The van der Waals surface area contributed by atoms with E-state index in [-0.39, 0.29) is 5.54 Å². The summed E-state index contributed by atoms with van der Waals surface area (Å²) in [4.78, 5) is 16.3. The molecular formula is C24H28N4O. The van der Waals surface area contributed by atoms with E-state index in [4.69, 9.17) is 0 Å². The molecule has 0 aliphatic carbocycles. The SMILES string of the molecule is CN1CCCC1(C)c1ccccc1N(C=O)Cc1ccc(-c2cnn(C)c2)cc1. The molecule has 1 aliphatic heterocycles. The second-order valence-electron chi connectivity index (χ2n) is 8.15. The Bertz CT molecular complexity index is 994. The third kappa shape index (κ3) is 3.70. The minimum atomic E-state index is -0.0397. The van der Waals surface area contributed by atoms with Crippen LogP contribution in [0.5, 0.6) is 0 Å². The van der Waals surface area contributed by atoms with Crippen molar-refractivity contribution in [1.82, 2.24) is 14.7 Å². The van der Waals surface area contributed by atoms with E-state index in [2.05, 4.69) is 66.4 Å². The van der Waals surface area contributed by atoms with E-state index in [0.29, 0.717) is 6.54 Å². The zero-order chi connectivity index (χ0) is 20.4. The highest BCUT2D eigenvalue weighted by atomic mass is 16.1. The van der Waals surface area contributed by atoms with Crippen molar-refractivity contribution >= 4 is 12.1 Å². The number of amides is 1. The lowest BCUT2D eigenvalue weighted by Gasteiger charge is -2.36. The summed E-state index contributed by atoms with van der Waals surface area (Å²) in [7, 11) is 4.09. The average molecular weight is 389 g/mol. The summed E-state index contributed by atoms with van der Waals surface area (Å²) in [6.45, 7) is 3.92. The van der Waals surface area contributed by atoms with Crippen LogP contribution < -0.4 is 4.90 Å². The Kier molecular flexibility index (Phi) is 5.24. The number of carbonyl (C=O) groups excluding carboxylic acids is 1. The fourth-order valence-corrected chi connectivity index (χ4v) is 4.37. The summed E-state index contributed by atoms with van der Waals surface area (Å²) in [5, 5.41) is 4.23. The summed E-state index contributed by atoms with van der Waals surface area (Å²) in [5.74, 6) is 0. The largest absolute Gasteiger partial charge is 0.310 e. The number of anilines is 1. The fourth-order valence-electron chi connectivity index (χ4n) is 4.37. The predicted molar refractivity (Wildman–Crippen MR) is 117 cm³/mol. The van der Waals surface area contributed by atoms with E-state index in [1.54, 1.807) is 4.68 Å². The number of likely N-dealkylation sites (tertiary alicyclic amines) is 1. The van der Waals surface area contributed by atoms with Gasteiger partial charge in [0.15, 0.2) is 0 Å². The lowest BCUT2D eigenvalue weighted by atomic mass is 9.87. The number of nitrogens with zero attached hydrogens (tertiary/aromatic N) is 4. The van der Waals surface area contributed by atoms with Gasteiger partial charge in [-0.25, -0.2) is 0 Å². The molecule has 1 aliphatic rings. The highest BCUT2D eigenvalue weighted by Gasteiger charge is 2.37. The molecule has 2 heterocycles. The van der Waals surface area contributed by atoms with Crippen LogP contribution >= 0.6 is 0 Å². The molecule has 0 radical (unpaired) electrons. The molecule has 4 rings (SSSR count). The lowest BCUT2D eigenvalue weighted by molar-refractivity contribution is -0.107. The second-order valence-corrected chi connectivity index (χ2v) is 8.15. The Labute approximate surface area is 172 Å². The van der Waals surface area contributed by atoms with Crippen LogP contribution in [0, 0.1) is 0 Å². The topological polar surface area (TPSA) is 41.4 Å². The van der Waals surface area contributed by atoms with Crippen molar-refractivity contribution in [1.29, 1.82) is 0 Å². The van der Waals surface area contributed by atoms with Crippen molar-refractivity contribution in [3.63, 3.8) is 0 Å². The number of benzene rings is 2. The zero-order valence-electron chi connectivity index (χ0n) is 17.4. The monoisotopic (exact) mass is 388 g/mol. The van der Waals surface area contributed by atoms with Gasteiger partial charge in [0.1, 0.15) is 0 Å². The molecule has 5 heteroatoms. The summed E-state index contributed by atoms with van der Waals surface area (Å²) in [6, 6.07) is 16.7. The van der Waals surface area contributed by atoms with E-state index in [1.807, 2.05) is 30.4 Å². The van der Waals surface area contributed by atoms with Gasteiger partial charge in [-0.2, -0.15) is 5.10 Å². The Balaban J connectivity index is 1.60. The molecule has 1 aromatic heterocycles. The van der Waals surface area contributed by atoms with E-state index in [9.17, 15) is 4.79 Å². The lowest BCUT2D eigenvalue weighted by Crippen LogP contribution is -2.37. The maximum absolute atomic E-state index is 12.1. The average Bonchev–Trinajstić information content (AvgIpc) is 3.33. The molecule has 1 unspecified atom stereocenters. The zero-order valence-corrected chi connectivity index (χ0v) is 17.4. The minimum Gasteiger partial charge on any atom is -0.310 e. The van der Waals surface area contributed by atoms with Crippen LogP contribution in [0.4, 0.5) is 5.69 Å². The highest BCUT2D eigenvalue weighted by Crippen LogP contribution is 2.41. The van der Waals surface area contributed by atoms with Gasteiger partial charge in [-0.3, -0.25) is 14.4 Å². The molecule has 0 saturated carbocycles. The first-order chi connectivity index (χ1) is 14.0. The third-order valence-corrected chi connectivity index (χ3v) is 6.27. The van der Waals surface area contributed by atoms with Crippen molar-refractivity contribution in [3.05, 3.63) is 72.1 Å². The van der Waals surface area contributed by atoms with E-state index >= 15 is 0 Å². The van der Waals surface area contributed by atoms with Crippen LogP contribution in [0.15, 0.2) is 60.9 Å². The molecule has 2 aromatic carbocycles. The number of carbonyl (C=O) groups is 1. The first-order valence-corrected chi connectivity index (χ1v) is 10.1. The van der Waals surface area contributed by atoms with Crippen LogP contribution in [0.1, 0.15) is 30.9 Å². The number of rotatable bonds is 6. The number of para-hydroxylation sites is 1. The van der Waals surface area contributed by atoms with Crippen LogP contribution in [-0.4, -0.2) is 34.7 Å². The van der Waals surface area contributed by atoms with Gasteiger partial charge < -0.3 is 4.90 Å².